The van der Waals surface area contributed by atoms with Gasteiger partial charge in [-0.3, -0.25) is 4.98 Å². The first-order valence-corrected chi connectivity index (χ1v) is 5.16. The fourth-order valence-corrected chi connectivity index (χ4v) is 1.38. The van der Waals surface area contributed by atoms with Gasteiger partial charge in [0, 0.05) is 18.8 Å². The molecule has 1 aromatic rings. The third kappa shape index (κ3) is 3.53. The number of hydrogen-bond donors (Lipinski definition) is 3. The number of hydrogen-bond acceptors (Lipinski definition) is 5. The van der Waals surface area contributed by atoms with Crippen LogP contribution in [0.15, 0.2) is 24.5 Å². The van der Waals surface area contributed by atoms with Gasteiger partial charge in [0.15, 0.2) is 0 Å². The van der Waals surface area contributed by atoms with Crippen LogP contribution in [0.1, 0.15) is 18.4 Å². The maximum absolute atomic E-state index is 8.95. The molecule has 1 aliphatic rings. The molecule has 5 heteroatoms. The number of rotatable bonds is 0. The molecular weight excluding hydrogens is 208 g/mol. The van der Waals surface area contributed by atoms with Crippen LogP contribution in [0.4, 0.5) is 0 Å². The zero-order valence-corrected chi connectivity index (χ0v) is 9.54. The highest BCUT2D eigenvalue weighted by molar-refractivity contribution is 5.04. The Morgan fingerprint density at radius 3 is 2.38 bits per heavy atom. The molecule has 1 fully saturated rings. The molecule has 0 radical (unpaired) electrons. The monoisotopic (exact) mass is 226 g/mol. The fourth-order valence-electron chi connectivity index (χ4n) is 1.38. The van der Waals surface area contributed by atoms with Crippen molar-refractivity contribution < 1.29 is 15.3 Å². The van der Waals surface area contributed by atoms with Gasteiger partial charge in [-0.1, -0.05) is 6.07 Å². The Balaban J connectivity index is 0.000000165. The van der Waals surface area contributed by atoms with Gasteiger partial charge in [0.1, 0.15) is 6.23 Å². The summed E-state index contributed by atoms with van der Waals surface area (Å²) < 4.78 is 0. The van der Waals surface area contributed by atoms with Gasteiger partial charge in [0.05, 0.1) is 0 Å². The van der Waals surface area contributed by atoms with E-state index in [1.54, 1.807) is 6.20 Å². The summed E-state index contributed by atoms with van der Waals surface area (Å²) in [4.78, 5) is 5.02. The third-order valence-electron chi connectivity index (χ3n) is 2.56. The lowest BCUT2D eigenvalue weighted by Crippen LogP contribution is -2.44. The van der Waals surface area contributed by atoms with E-state index >= 15 is 0 Å². The van der Waals surface area contributed by atoms with Gasteiger partial charge < -0.3 is 15.3 Å². The Bertz CT molecular complexity index is 316. The lowest BCUT2D eigenvalue weighted by atomic mass is 10.3. The highest BCUT2D eigenvalue weighted by Gasteiger charge is 2.39. The molecular formula is C11H18N2O3. The lowest BCUT2D eigenvalue weighted by Gasteiger charge is -2.25. The van der Waals surface area contributed by atoms with Crippen molar-refractivity contribution >= 4 is 0 Å². The van der Waals surface area contributed by atoms with Crippen molar-refractivity contribution in [3.05, 3.63) is 30.1 Å². The van der Waals surface area contributed by atoms with Crippen LogP contribution in [-0.2, 0) is 0 Å². The van der Waals surface area contributed by atoms with E-state index in [-0.39, 0.29) is 6.42 Å². The molecule has 0 amide bonds. The number of aliphatic hydroxyl groups is 3. The molecule has 3 N–H and O–H groups in total. The highest BCUT2D eigenvalue weighted by Crippen LogP contribution is 2.25. The Morgan fingerprint density at radius 1 is 1.50 bits per heavy atom. The topological polar surface area (TPSA) is 76.8 Å². The smallest absolute Gasteiger partial charge is 0.226 e. The van der Waals surface area contributed by atoms with Gasteiger partial charge in [0.2, 0.25) is 5.91 Å². The van der Waals surface area contributed by atoms with Gasteiger partial charge in [-0.15, -0.1) is 0 Å². The lowest BCUT2D eigenvalue weighted by molar-refractivity contribution is -0.257. The van der Waals surface area contributed by atoms with E-state index in [1.807, 2.05) is 25.3 Å². The minimum Gasteiger partial charge on any atom is -0.378 e. The first-order valence-electron chi connectivity index (χ1n) is 5.16. The molecule has 1 saturated heterocycles. The predicted molar refractivity (Wildman–Crippen MR) is 59.1 cm³/mol. The minimum absolute atomic E-state index is 0.213. The first kappa shape index (κ1) is 13.1. The van der Waals surface area contributed by atoms with Crippen LogP contribution in [0, 0.1) is 6.92 Å². The number of nitrogens with zero attached hydrogens (tertiary/aromatic N) is 2. The van der Waals surface area contributed by atoms with Gasteiger partial charge >= 0.3 is 0 Å². The van der Waals surface area contributed by atoms with Gasteiger partial charge in [-0.25, -0.2) is 4.90 Å². The highest BCUT2D eigenvalue weighted by atomic mass is 16.5. The molecule has 0 saturated carbocycles. The average Bonchev–Trinajstić information content (AvgIpc) is 2.48. The summed E-state index contributed by atoms with van der Waals surface area (Å²) in [5, 5.41) is 26.8. The molecule has 0 aromatic carbocycles. The average molecular weight is 226 g/mol. The van der Waals surface area contributed by atoms with Crippen molar-refractivity contribution in [2.45, 2.75) is 31.9 Å². The fraction of sp³-hybridized carbons (Fsp3) is 0.545. The number of pyridine rings is 1. The van der Waals surface area contributed by atoms with Crippen LogP contribution in [0.3, 0.4) is 0 Å². The zero-order valence-electron chi connectivity index (χ0n) is 9.54. The molecule has 0 aliphatic carbocycles. The number of aryl methyl sites for hydroxylation is 1. The maximum atomic E-state index is 8.95. The summed E-state index contributed by atoms with van der Waals surface area (Å²) in [5.41, 5.74) is 1.21. The Hall–Kier alpha value is -1.01. The van der Waals surface area contributed by atoms with E-state index in [0.717, 1.165) is 4.90 Å². The molecule has 1 atom stereocenters. The van der Waals surface area contributed by atoms with Crippen molar-refractivity contribution in [1.29, 1.82) is 0 Å². The molecule has 0 spiro atoms. The molecule has 1 aliphatic heterocycles. The number of aliphatic hydroxyl groups excluding tert-OH is 1. The van der Waals surface area contributed by atoms with Crippen LogP contribution < -0.4 is 0 Å². The van der Waals surface area contributed by atoms with E-state index in [1.165, 1.54) is 12.6 Å². The summed E-state index contributed by atoms with van der Waals surface area (Å²) in [6, 6.07) is 3.95. The summed E-state index contributed by atoms with van der Waals surface area (Å²) in [6.45, 7) is 2.02. The number of aromatic nitrogens is 1. The molecule has 16 heavy (non-hydrogen) atoms. The summed E-state index contributed by atoms with van der Waals surface area (Å²) in [7, 11) is 1.47. The summed E-state index contributed by atoms with van der Waals surface area (Å²) >= 11 is 0. The third-order valence-corrected chi connectivity index (χ3v) is 2.56. The Kier molecular flexibility index (Phi) is 4.37. The molecule has 90 valence electrons. The quantitative estimate of drug-likeness (QED) is 0.545. The SMILES string of the molecule is CN1[C@@H](O)CCC1(O)O.Cc1cccnc1. The molecule has 5 nitrogen and oxygen atoms in total. The summed E-state index contributed by atoms with van der Waals surface area (Å²) in [5.74, 6) is -1.79. The van der Waals surface area contributed by atoms with Gasteiger partial charge in [-0.2, -0.15) is 0 Å². The van der Waals surface area contributed by atoms with Crippen LogP contribution in [-0.4, -0.2) is 44.4 Å². The van der Waals surface area contributed by atoms with E-state index < -0.39 is 12.1 Å². The van der Waals surface area contributed by atoms with E-state index in [9.17, 15) is 0 Å². The zero-order chi connectivity index (χ0) is 12.2. The second-order valence-electron chi connectivity index (χ2n) is 3.93. The molecule has 0 unspecified atom stereocenters. The van der Waals surface area contributed by atoms with E-state index in [2.05, 4.69) is 4.98 Å². The predicted octanol–water partition coefficient (Wildman–Crippen LogP) is 0.0588. The Labute approximate surface area is 95.0 Å². The van der Waals surface area contributed by atoms with Crippen molar-refractivity contribution in [3.8, 4) is 0 Å². The minimum atomic E-state index is -1.79. The summed E-state index contributed by atoms with van der Waals surface area (Å²) in [6.07, 6.45) is 3.53. The van der Waals surface area contributed by atoms with Crippen molar-refractivity contribution in [1.82, 2.24) is 9.88 Å². The largest absolute Gasteiger partial charge is 0.378 e. The molecule has 2 rings (SSSR count). The van der Waals surface area contributed by atoms with Crippen LogP contribution in [0.5, 0.6) is 0 Å². The van der Waals surface area contributed by atoms with Gasteiger partial charge in [0.25, 0.3) is 0 Å². The number of likely N-dealkylation sites (tertiary alicyclic amines) is 1. The first-order chi connectivity index (χ1) is 7.43. The Morgan fingerprint density at radius 2 is 2.19 bits per heavy atom. The van der Waals surface area contributed by atoms with Crippen molar-refractivity contribution in [2.24, 2.45) is 0 Å². The van der Waals surface area contributed by atoms with Crippen LogP contribution in [0.25, 0.3) is 0 Å². The van der Waals surface area contributed by atoms with E-state index in [0.29, 0.717) is 6.42 Å². The van der Waals surface area contributed by atoms with Crippen LogP contribution >= 0.6 is 0 Å². The van der Waals surface area contributed by atoms with E-state index in [4.69, 9.17) is 15.3 Å². The standard InChI is InChI=1S/C6H7N.C5H11NO3/c1-6-3-2-4-7-5-6;1-6-4(7)2-3-5(6,8)9/h2-5H,1H3;4,7-9H,2-3H2,1H3/t;4-/m.0/s1. The second-order valence-corrected chi connectivity index (χ2v) is 3.93. The molecule has 2 heterocycles. The van der Waals surface area contributed by atoms with Gasteiger partial charge in [-0.05, 0) is 32.0 Å². The van der Waals surface area contributed by atoms with Crippen molar-refractivity contribution in [2.75, 3.05) is 7.05 Å². The van der Waals surface area contributed by atoms with Crippen LogP contribution in [0.2, 0.25) is 0 Å². The normalized spacial score (nSPS) is 23.7. The second kappa shape index (κ2) is 5.36. The molecule has 1 aromatic heterocycles. The molecule has 0 bridgehead atoms. The maximum Gasteiger partial charge on any atom is 0.226 e. The van der Waals surface area contributed by atoms with Crippen molar-refractivity contribution in [3.63, 3.8) is 0 Å².